The monoisotopic (exact) mass is 201 g/mol. The van der Waals surface area contributed by atoms with Crippen molar-refractivity contribution in [3.63, 3.8) is 0 Å². The topological polar surface area (TPSA) is 30.5 Å². The molecule has 0 aliphatic heterocycles. The molecular weight excluding hydrogens is 178 g/mol. The van der Waals surface area contributed by atoms with Crippen LogP contribution in [0.1, 0.15) is 26.7 Å². The summed E-state index contributed by atoms with van der Waals surface area (Å²) >= 11 is 0. The second-order valence-corrected chi connectivity index (χ2v) is 4.55. The molecule has 0 unspecified atom stereocenters. The number of hydrogen-bond acceptors (Lipinski definition) is 3. The molecule has 0 saturated heterocycles. The molecule has 0 bridgehead atoms. The highest BCUT2D eigenvalue weighted by molar-refractivity contribution is 4.97. The van der Waals surface area contributed by atoms with Crippen molar-refractivity contribution in [3.8, 4) is 0 Å². The van der Waals surface area contributed by atoms with Crippen LogP contribution in [0.5, 0.6) is 0 Å². The molecule has 1 saturated carbocycles. The molecule has 0 aromatic heterocycles. The predicted molar refractivity (Wildman–Crippen MR) is 57.2 cm³/mol. The third-order valence-corrected chi connectivity index (χ3v) is 3.43. The maximum Gasteiger partial charge on any atom is 0.169 e. The average molecular weight is 201 g/mol. The van der Waals surface area contributed by atoms with E-state index in [-0.39, 0.29) is 6.29 Å². The zero-order chi connectivity index (χ0) is 10.6. The van der Waals surface area contributed by atoms with E-state index in [1.54, 1.807) is 14.2 Å². The molecule has 3 nitrogen and oxygen atoms in total. The van der Waals surface area contributed by atoms with E-state index in [0.29, 0.717) is 5.41 Å². The molecule has 1 N–H and O–H groups in total. The van der Waals surface area contributed by atoms with Crippen LogP contribution >= 0.6 is 0 Å². The van der Waals surface area contributed by atoms with E-state index in [9.17, 15) is 0 Å². The maximum atomic E-state index is 5.11. The van der Waals surface area contributed by atoms with Crippen LogP contribution in [0, 0.1) is 11.3 Å². The van der Waals surface area contributed by atoms with Gasteiger partial charge in [-0.3, -0.25) is 0 Å². The van der Waals surface area contributed by atoms with E-state index in [1.165, 1.54) is 12.8 Å². The van der Waals surface area contributed by atoms with Gasteiger partial charge in [-0.1, -0.05) is 13.8 Å². The number of ether oxygens (including phenoxy) is 2. The fourth-order valence-corrected chi connectivity index (χ4v) is 1.82. The third-order valence-electron chi connectivity index (χ3n) is 3.43. The molecule has 0 heterocycles. The summed E-state index contributed by atoms with van der Waals surface area (Å²) in [5.41, 5.74) is 0.562. The van der Waals surface area contributed by atoms with Gasteiger partial charge in [0.1, 0.15) is 0 Å². The van der Waals surface area contributed by atoms with Crippen LogP contribution in [0.2, 0.25) is 0 Å². The molecule has 1 fully saturated rings. The Morgan fingerprint density at radius 1 is 1.21 bits per heavy atom. The van der Waals surface area contributed by atoms with Crippen molar-refractivity contribution in [2.75, 3.05) is 27.3 Å². The van der Waals surface area contributed by atoms with Gasteiger partial charge in [0.2, 0.25) is 0 Å². The van der Waals surface area contributed by atoms with Crippen molar-refractivity contribution in [2.24, 2.45) is 11.3 Å². The molecule has 0 atom stereocenters. The van der Waals surface area contributed by atoms with Gasteiger partial charge in [0.25, 0.3) is 0 Å². The molecule has 0 amide bonds. The van der Waals surface area contributed by atoms with Crippen LogP contribution in [0.3, 0.4) is 0 Å². The van der Waals surface area contributed by atoms with Crippen molar-refractivity contribution in [1.82, 2.24) is 5.32 Å². The Bertz CT molecular complexity index is 163. The minimum atomic E-state index is -0.113. The highest BCUT2D eigenvalue weighted by atomic mass is 16.7. The lowest BCUT2D eigenvalue weighted by atomic mass is 9.92. The first-order chi connectivity index (χ1) is 6.64. The number of methoxy groups -OCH3 is 2. The Balaban J connectivity index is 2.15. The van der Waals surface area contributed by atoms with Crippen molar-refractivity contribution < 1.29 is 9.47 Å². The Labute approximate surface area is 87.2 Å². The smallest absolute Gasteiger partial charge is 0.169 e. The average Bonchev–Trinajstić information content (AvgIpc) is 2.93. The van der Waals surface area contributed by atoms with E-state index >= 15 is 0 Å². The van der Waals surface area contributed by atoms with Crippen LogP contribution in [0.25, 0.3) is 0 Å². The van der Waals surface area contributed by atoms with E-state index in [1.807, 2.05) is 0 Å². The Hall–Kier alpha value is -0.120. The molecule has 1 aliphatic rings. The molecule has 1 aliphatic carbocycles. The fourth-order valence-electron chi connectivity index (χ4n) is 1.82. The maximum absolute atomic E-state index is 5.11. The minimum absolute atomic E-state index is 0.113. The molecule has 0 spiro atoms. The van der Waals surface area contributed by atoms with Gasteiger partial charge in [-0.25, -0.2) is 0 Å². The summed E-state index contributed by atoms with van der Waals surface area (Å²) < 4.78 is 10.2. The summed E-state index contributed by atoms with van der Waals surface area (Å²) in [6, 6.07) is 0. The molecule has 1 rings (SSSR count). The second-order valence-electron chi connectivity index (χ2n) is 4.55. The Morgan fingerprint density at radius 3 is 2.14 bits per heavy atom. The molecular formula is C11H23NO2. The second kappa shape index (κ2) is 5.10. The summed E-state index contributed by atoms with van der Waals surface area (Å²) in [7, 11) is 3.34. The fraction of sp³-hybridized carbons (Fsp3) is 1.00. The van der Waals surface area contributed by atoms with Crippen molar-refractivity contribution in [1.29, 1.82) is 0 Å². The van der Waals surface area contributed by atoms with Crippen LogP contribution in [0.4, 0.5) is 0 Å². The summed E-state index contributed by atoms with van der Waals surface area (Å²) in [5, 5.41) is 3.42. The van der Waals surface area contributed by atoms with Gasteiger partial charge in [0.05, 0.1) is 0 Å². The van der Waals surface area contributed by atoms with Crippen LogP contribution in [-0.2, 0) is 9.47 Å². The first-order valence-electron chi connectivity index (χ1n) is 5.41. The number of hydrogen-bond donors (Lipinski definition) is 1. The molecule has 84 valence electrons. The normalized spacial score (nSPS) is 19.3. The molecule has 0 radical (unpaired) electrons. The SMILES string of the molecule is COC(CNCC1(C(C)C)CC1)OC. The van der Waals surface area contributed by atoms with Gasteiger partial charge in [0.15, 0.2) is 6.29 Å². The van der Waals surface area contributed by atoms with E-state index in [2.05, 4.69) is 19.2 Å². The van der Waals surface area contributed by atoms with Gasteiger partial charge >= 0.3 is 0 Å². The summed E-state index contributed by atoms with van der Waals surface area (Å²) in [5.74, 6) is 0.776. The van der Waals surface area contributed by atoms with Crippen molar-refractivity contribution >= 4 is 0 Å². The Morgan fingerprint density at radius 2 is 1.79 bits per heavy atom. The first kappa shape index (κ1) is 12.0. The zero-order valence-electron chi connectivity index (χ0n) is 9.80. The predicted octanol–water partition coefficient (Wildman–Crippen LogP) is 1.63. The largest absolute Gasteiger partial charge is 0.355 e. The zero-order valence-corrected chi connectivity index (χ0v) is 9.80. The van der Waals surface area contributed by atoms with Crippen LogP contribution in [-0.4, -0.2) is 33.6 Å². The van der Waals surface area contributed by atoms with Crippen LogP contribution < -0.4 is 5.32 Å². The highest BCUT2D eigenvalue weighted by Crippen LogP contribution is 2.51. The van der Waals surface area contributed by atoms with Gasteiger partial charge in [0, 0.05) is 27.3 Å². The number of nitrogens with one attached hydrogen (secondary N) is 1. The van der Waals surface area contributed by atoms with Gasteiger partial charge in [-0.2, -0.15) is 0 Å². The summed E-state index contributed by atoms with van der Waals surface area (Å²) in [6.45, 7) is 6.48. The first-order valence-corrected chi connectivity index (χ1v) is 5.41. The van der Waals surface area contributed by atoms with E-state index < -0.39 is 0 Å². The highest BCUT2D eigenvalue weighted by Gasteiger charge is 2.44. The van der Waals surface area contributed by atoms with Crippen molar-refractivity contribution in [3.05, 3.63) is 0 Å². The van der Waals surface area contributed by atoms with Gasteiger partial charge < -0.3 is 14.8 Å². The lowest BCUT2D eigenvalue weighted by Crippen LogP contribution is -2.35. The lowest BCUT2D eigenvalue weighted by Gasteiger charge is -2.21. The lowest BCUT2D eigenvalue weighted by molar-refractivity contribution is -0.0992. The Kier molecular flexibility index (Phi) is 4.35. The molecule has 0 aromatic carbocycles. The van der Waals surface area contributed by atoms with Crippen molar-refractivity contribution in [2.45, 2.75) is 33.0 Å². The minimum Gasteiger partial charge on any atom is -0.355 e. The van der Waals surface area contributed by atoms with Gasteiger partial charge in [-0.05, 0) is 24.2 Å². The summed E-state index contributed by atoms with van der Waals surface area (Å²) in [6.07, 6.45) is 2.61. The molecule has 0 aromatic rings. The molecule has 14 heavy (non-hydrogen) atoms. The number of rotatable bonds is 7. The van der Waals surface area contributed by atoms with Gasteiger partial charge in [-0.15, -0.1) is 0 Å². The quantitative estimate of drug-likeness (QED) is 0.635. The van der Waals surface area contributed by atoms with E-state index in [4.69, 9.17) is 9.47 Å². The standard InChI is InChI=1S/C11H23NO2/c1-9(2)11(5-6-11)8-12-7-10(13-3)14-4/h9-10,12H,5-8H2,1-4H3. The summed E-state index contributed by atoms with van der Waals surface area (Å²) in [4.78, 5) is 0. The van der Waals surface area contributed by atoms with E-state index in [0.717, 1.165) is 19.0 Å². The van der Waals surface area contributed by atoms with Crippen LogP contribution in [0.15, 0.2) is 0 Å². The third kappa shape index (κ3) is 2.94. The molecule has 3 heteroatoms.